The third-order valence-electron chi connectivity index (χ3n) is 4.05. The molecule has 3 rings (SSSR count). The Morgan fingerprint density at radius 1 is 1.12 bits per heavy atom. The van der Waals surface area contributed by atoms with E-state index in [-0.39, 0.29) is 6.10 Å². The molecule has 2 atom stereocenters. The molecule has 1 heterocycles. The summed E-state index contributed by atoms with van der Waals surface area (Å²) in [6.07, 6.45) is -1.17. The van der Waals surface area contributed by atoms with Crippen molar-refractivity contribution < 1.29 is 19.1 Å². The van der Waals surface area contributed by atoms with Crippen molar-refractivity contribution in [3.8, 4) is 5.75 Å². The van der Waals surface area contributed by atoms with E-state index in [1.165, 1.54) is 0 Å². The second-order valence-electron chi connectivity index (χ2n) is 5.74. The second kappa shape index (κ2) is 6.74. The van der Waals surface area contributed by atoms with Crippen LogP contribution in [0.15, 0.2) is 54.6 Å². The van der Waals surface area contributed by atoms with Crippen LogP contribution in [0.5, 0.6) is 5.75 Å². The van der Waals surface area contributed by atoms with Gasteiger partial charge in [-0.05, 0) is 31.0 Å². The number of cyclic esters (lactones) is 1. The quantitative estimate of drug-likeness (QED) is 0.835. The molecule has 0 aromatic heterocycles. The summed E-state index contributed by atoms with van der Waals surface area (Å²) in [4.78, 5) is 25.8. The van der Waals surface area contributed by atoms with E-state index < -0.39 is 18.2 Å². The molecule has 1 fully saturated rings. The van der Waals surface area contributed by atoms with Crippen LogP contribution in [-0.4, -0.2) is 23.2 Å². The fourth-order valence-electron chi connectivity index (χ4n) is 2.80. The SMILES string of the molecule is CCC1OC(=O)N(C(=O)Oc2ccc(C)cc2)C1c1ccccc1. The van der Waals surface area contributed by atoms with Gasteiger partial charge in [0.05, 0.1) is 0 Å². The fourth-order valence-corrected chi connectivity index (χ4v) is 2.80. The minimum atomic E-state index is -0.728. The maximum Gasteiger partial charge on any atom is 0.425 e. The van der Waals surface area contributed by atoms with E-state index in [0.29, 0.717) is 12.2 Å². The number of carbonyl (C=O) groups is 2. The van der Waals surface area contributed by atoms with Crippen LogP contribution in [0, 0.1) is 6.92 Å². The number of imide groups is 1. The summed E-state index contributed by atoms with van der Waals surface area (Å²) in [5, 5.41) is 0. The second-order valence-corrected chi connectivity index (χ2v) is 5.74. The number of benzene rings is 2. The lowest BCUT2D eigenvalue weighted by Crippen LogP contribution is -2.37. The van der Waals surface area contributed by atoms with Gasteiger partial charge in [0.2, 0.25) is 0 Å². The first kappa shape index (κ1) is 16.1. The molecule has 0 aliphatic carbocycles. The van der Waals surface area contributed by atoms with Crippen molar-refractivity contribution in [1.29, 1.82) is 0 Å². The fraction of sp³-hybridized carbons (Fsp3) is 0.263. The standard InChI is InChI=1S/C19H19NO4/c1-3-16-17(14-7-5-4-6-8-14)20(19(22)24-16)18(21)23-15-11-9-13(2)10-12-15/h4-12,16-17H,3H2,1-2H3. The highest BCUT2D eigenvalue weighted by molar-refractivity contribution is 5.91. The first-order chi connectivity index (χ1) is 11.6. The summed E-state index contributed by atoms with van der Waals surface area (Å²) in [6, 6.07) is 16.0. The van der Waals surface area contributed by atoms with E-state index >= 15 is 0 Å². The van der Waals surface area contributed by atoms with Crippen molar-refractivity contribution >= 4 is 12.2 Å². The molecule has 2 aromatic carbocycles. The lowest BCUT2D eigenvalue weighted by atomic mass is 9.99. The minimum absolute atomic E-state index is 0.384. The molecule has 0 saturated carbocycles. The van der Waals surface area contributed by atoms with E-state index in [1.54, 1.807) is 12.1 Å². The minimum Gasteiger partial charge on any atom is -0.443 e. The molecule has 5 heteroatoms. The van der Waals surface area contributed by atoms with Gasteiger partial charge in [-0.2, -0.15) is 0 Å². The molecular formula is C19H19NO4. The first-order valence-corrected chi connectivity index (χ1v) is 7.93. The van der Waals surface area contributed by atoms with Crippen LogP contribution in [-0.2, 0) is 4.74 Å². The highest BCUT2D eigenvalue weighted by atomic mass is 16.6. The molecule has 24 heavy (non-hydrogen) atoms. The molecule has 2 unspecified atom stereocenters. The predicted molar refractivity (Wildman–Crippen MR) is 88.8 cm³/mol. The van der Waals surface area contributed by atoms with E-state index in [2.05, 4.69) is 0 Å². The summed E-state index contributed by atoms with van der Waals surface area (Å²) >= 11 is 0. The average Bonchev–Trinajstić information content (AvgIpc) is 2.94. The highest BCUT2D eigenvalue weighted by Crippen LogP contribution is 2.35. The van der Waals surface area contributed by atoms with Crippen molar-refractivity contribution in [2.45, 2.75) is 32.4 Å². The van der Waals surface area contributed by atoms with Gasteiger partial charge in [-0.3, -0.25) is 0 Å². The smallest absolute Gasteiger partial charge is 0.425 e. The lowest BCUT2D eigenvalue weighted by molar-refractivity contribution is 0.126. The van der Waals surface area contributed by atoms with Gasteiger partial charge in [-0.25, -0.2) is 14.5 Å². The van der Waals surface area contributed by atoms with Gasteiger partial charge >= 0.3 is 12.2 Å². The van der Waals surface area contributed by atoms with Crippen molar-refractivity contribution in [2.75, 3.05) is 0 Å². The topological polar surface area (TPSA) is 55.8 Å². The highest BCUT2D eigenvalue weighted by Gasteiger charge is 2.46. The molecular weight excluding hydrogens is 306 g/mol. The average molecular weight is 325 g/mol. The number of hydrogen-bond donors (Lipinski definition) is 0. The molecule has 124 valence electrons. The zero-order valence-electron chi connectivity index (χ0n) is 13.6. The van der Waals surface area contributed by atoms with E-state index in [0.717, 1.165) is 16.0 Å². The maximum absolute atomic E-state index is 12.6. The normalized spacial score (nSPS) is 19.9. The van der Waals surface area contributed by atoms with Crippen LogP contribution in [0.25, 0.3) is 0 Å². The molecule has 0 radical (unpaired) electrons. The Hall–Kier alpha value is -2.82. The Kier molecular flexibility index (Phi) is 4.51. The van der Waals surface area contributed by atoms with Crippen molar-refractivity contribution in [2.24, 2.45) is 0 Å². The maximum atomic E-state index is 12.6. The molecule has 2 aromatic rings. The number of amides is 2. The van der Waals surface area contributed by atoms with Gasteiger partial charge in [0.1, 0.15) is 17.9 Å². The summed E-state index contributed by atoms with van der Waals surface area (Å²) in [5.41, 5.74) is 1.90. The van der Waals surface area contributed by atoms with E-state index in [9.17, 15) is 9.59 Å². The molecule has 0 spiro atoms. The van der Waals surface area contributed by atoms with E-state index in [4.69, 9.17) is 9.47 Å². The van der Waals surface area contributed by atoms with Crippen molar-refractivity contribution in [3.05, 3.63) is 65.7 Å². The Bertz CT molecular complexity index is 727. The molecule has 0 N–H and O–H groups in total. The van der Waals surface area contributed by atoms with Gasteiger partial charge in [-0.15, -0.1) is 0 Å². The number of ether oxygens (including phenoxy) is 2. The number of hydrogen-bond acceptors (Lipinski definition) is 4. The summed E-state index contributed by atoms with van der Waals surface area (Å²) < 4.78 is 10.7. The lowest BCUT2D eigenvalue weighted by Gasteiger charge is -2.22. The number of nitrogens with zero attached hydrogens (tertiary/aromatic N) is 1. The summed E-state index contributed by atoms with van der Waals surface area (Å²) in [5.74, 6) is 0.394. The molecule has 1 aliphatic rings. The Labute approximate surface area is 140 Å². The molecule has 1 aliphatic heterocycles. The van der Waals surface area contributed by atoms with Gasteiger partial charge in [0, 0.05) is 0 Å². The number of rotatable bonds is 3. The number of carbonyl (C=O) groups excluding carboxylic acids is 2. The third-order valence-corrected chi connectivity index (χ3v) is 4.05. The third kappa shape index (κ3) is 3.11. The summed E-state index contributed by atoms with van der Waals surface area (Å²) in [7, 11) is 0. The van der Waals surface area contributed by atoms with Crippen LogP contribution < -0.4 is 4.74 Å². The molecule has 1 saturated heterocycles. The molecule has 5 nitrogen and oxygen atoms in total. The van der Waals surface area contributed by atoms with Gasteiger partial charge in [0.15, 0.2) is 0 Å². The van der Waals surface area contributed by atoms with Crippen molar-refractivity contribution in [1.82, 2.24) is 4.90 Å². The van der Waals surface area contributed by atoms with Crippen LogP contribution >= 0.6 is 0 Å². The number of aryl methyl sites for hydroxylation is 1. The first-order valence-electron chi connectivity index (χ1n) is 7.93. The Morgan fingerprint density at radius 2 is 1.79 bits per heavy atom. The largest absolute Gasteiger partial charge is 0.443 e. The predicted octanol–water partition coefficient (Wildman–Crippen LogP) is 4.47. The zero-order valence-corrected chi connectivity index (χ0v) is 13.6. The molecule has 0 bridgehead atoms. The van der Waals surface area contributed by atoms with Crippen LogP contribution in [0.2, 0.25) is 0 Å². The van der Waals surface area contributed by atoms with Gasteiger partial charge in [-0.1, -0.05) is 55.0 Å². The monoisotopic (exact) mass is 325 g/mol. The van der Waals surface area contributed by atoms with Crippen LogP contribution in [0.3, 0.4) is 0 Å². The zero-order chi connectivity index (χ0) is 17.1. The van der Waals surface area contributed by atoms with Crippen molar-refractivity contribution in [3.63, 3.8) is 0 Å². The molecule has 2 amide bonds. The van der Waals surface area contributed by atoms with Gasteiger partial charge < -0.3 is 9.47 Å². The van der Waals surface area contributed by atoms with Crippen LogP contribution in [0.4, 0.5) is 9.59 Å². The Morgan fingerprint density at radius 3 is 2.42 bits per heavy atom. The van der Waals surface area contributed by atoms with E-state index in [1.807, 2.05) is 56.3 Å². The van der Waals surface area contributed by atoms with Crippen LogP contribution in [0.1, 0.15) is 30.5 Å². The Balaban J connectivity index is 1.87. The summed E-state index contributed by atoms with van der Waals surface area (Å²) in [6.45, 7) is 3.86. The van der Waals surface area contributed by atoms with Gasteiger partial charge in [0.25, 0.3) is 0 Å².